The molecule has 0 spiro atoms. The maximum absolute atomic E-state index is 12.4. The highest BCUT2D eigenvalue weighted by molar-refractivity contribution is 7.12. The van der Waals surface area contributed by atoms with Crippen molar-refractivity contribution in [2.24, 2.45) is 0 Å². The zero-order valence-electron chi connectivity index (χ0n) is 15.1. The number of carbonyl (C=O) groups excluding carboxylic acids is 1. The molecule has 1 aliphatic rings. The molecule has 4 rings (SSSR count). The Labute approximate surface area is 166 Å². The molecule has 0 N–H and O–H groups in total. The monoisotopic (exact) mass is 399 g/mol. The number of thiazole rings is 1. The molecule has 0 radical (unpaired) electrons. The molecule has 0 unspecified atom stereocenters. The molecule has 3 aromatic rings. The van der Waals surface area contributed by atoms with E-state index in [1.807, 2.05) is 40.6 Å². The summed E-state index contributed by atoms with van der Waals surface area (Å²) in [6, 6.07) is 11.8. The molecule has 2 aromatic heterocycles. The standard InChI is InChI=1S/C20H21N3O2S2/c1-25-16-5-2-4-15(12-16)17-14-27-19(21-17)13-22-7-9-23(10-8-22)20(24)18-6-3-11-26-18/h2-6,11-12,14H,7-10,13H2,1H3. The molecule has 0 bridgehead atoms. The number of benzene rings is 1. The summed E-state index contributed by atoms with van der Waals surface area (Å²) in [5.41, 5.74) is 2.06. The number of hydrogen-bond donors (Lipinski definition) is 0. The van der Waals surface area contributed by atoms with E-state index in [1.54, 1.807) is 18.4 Å². The van der Waals surface area contributed by atoms with Gasteiger partial charge in [0.2, 0.25) is 0 Å². The number of thiophene rings is 1. The number of hydrogen-bond acceptors (Lipinski definition) is 6. The van der Waals surface area contributed by atoms with Gasteiger partial charge in [0.05, 0.1) is 24.2 Å². The summed E-state index contributed by atoms with van der Waals surface area (Å²) in [4.78, 5) is 22.4. The van der Waals surface area contributed by atoms with Gasteiger partial charge in [-0.15, -0.1) is 22.7 Å². The summed E-state index contributed by atoms with van der Waals surface area (Å²) < 4.78 is 5.30. The Hall–Kier alpha value is -2.22. The number of piperazine rings is 1. The molecule has 1 aromatic carbocycles. The summed E-state index contributed by atoms with van der Waals surface area (Å²) in [6.45, 7) is 4.13. The number of aromatic nitrogens is 1. The van der Waals surface area contributed by atoms with Crippen LogP contribution in [0.25, 0.3) is 11.3 Å². The second kappa shape index (κ2) is 8.21. The molecule has 1 aliphatic heterocycles. The molecule has 0 atom stereocenters. The van der Waals surface area contributed by atoms with E-state index in [0.717, 1.165) is 59.6 Å². The smallest absolute Gasteiger partial charge is 0.264 e. The average molecular weight is 400 g/mol. The SMILES string of the molecule is COc1cccc(-c2csc(CN3CCN(C(=O)c4cccs4)CC3)n2)c1. The highest BCUT2D eigenvalue weighted by Gasteiger charge is 2.23. The largest absolute Gasteiger partial charge is 0.497 e. The van der Waals surface area contributed by atoms with E-state index in [0.29, 0.717) is 0 Å². The first-order valence-electron chi connectivity index (χ1n) is 8.87. The Morgan fingerprint density at radius 2 is 2.00 bits per heavy atom. The number of amides is 1. The van der Waals surface area contributed by atoms with Gasteiger partial charge in [-0.3, -0.25) is 9.69 Å². The van der Waals surface area contributed by atoms with Gasteiger partial charge in [0.1, 0.15) is 10.8 Å². The molecule has 0 saturated carbocycles. The Balaban J connectivity index is 1.34. The maximum atomic E-state index is 12.4. The first kappa shape index (κ1) is 18.2. The van der Waals surface area contributed by atoms with Gasteiger partial charge in [-0.1, -0.05) is 18.2 Å². The van der Waals surface area contributed by atoms with Gasteiger partial charge in [-0.25, -0.2) is 4.98 Å². The van der Waals surface area contributed by atoms with Crippen LogP contribution in [0.5, 0.6) is 5.75 Å². The van der Waals surface area contributed by atoms with Crippen molar-refractivity contribution in [2.75, 3.05) is 33.3 Å². The lowest BCUT2D eigenvalue weighted by Crippen LogP contribution is -2.48. The van der Waals surface area contributed by atoms with Crippen LogP contribution in [0.4, 0.5) is 0 Å². The van der Waals surface area contributed by atoms with E-state index in [2.05, 4.69) is 16.3 Å². The fraction of sp³-hybridized carbons (Fsp3) is 0.300. The third-order valence-electron chi connectivity index (χ3n) is 4.67. The number of nitrogens with zero attached hydrogens (tertiary/aromatic N) is 3. The minimum atomic E-state index is 0.152. The van der Waals surface area contributed by atoms with Crippen LogP contribution in [0.1, 0.15) is 14.7 Å². The molecule has 1 fully saturated rings. The molecule has 140 valence electrons. The van der Waals surface area contributed by atoms with Gasteiger partial charge in [0.15, 0.2) is 0 Å². The number of carbonyl (C=O) groups is 1. The summed E-state index contributed by atoms with van der Waals surface area (Å²) in [6.07, 6.45) is 0. The van der Waals surface area contributed by atoms with E-state index in [1.165, 1.54) is 11.3 Å². The van der Waals surface area contributed by atoms with Gasteiger partial charge >= 0.3 is 0 Å². The Morgan fingerprint density at radius 1 is 1.15 bits per heavy atom. The van der Waals surface area contributed by atoms with Crippen LogP contribution in [0, 0.1) is 0 Å². The maximum Gasteiger partial charge on any atom is 0.264 e. The molecular formula is C20H21N3O2S2. The molecule has 3 heterocycles. The second-order valence-corrected chi connectivity index (χ2v) is 8.29. The Morgan fingerprint density at radius 3 is 2.74 bits per heavy atom. The zero-order valence-corrected chi connectivity index (χ0v) is 16.8. The third kappa shape index (κ3) is 4.21. The van der Waals surface area contributed by atoms with Crippen molar-refractivity contribution < 1.29 is 9.53 Å². The average Bonchev–Trinajstić information content (AvgIpc) is 3.40. The van der Waals surface area contributed by atoms with E-state index in [4.69, 9.17) is 9.72 Å². The molecule has 27 heavy (non-hydrogen) atoms. The van der Waals surface area contributed by atoms with Gasteiger partial charge in [-0.05, 0) is 23.6 Å². The molecule has 5 nitrogen and oxygen atoms in total. The van der Waals surface area contributed by atoms with Crippen LogP contribution in [0.3, 0.4) is 0 Å². The van der Waals surface area contributed by atoms with Crippen LogP contribution in [0.15, 0.2) is 47.2 Å². The Bertz CT molecular complexity index is 900. The van der Waals surface area contributed by atoms with Gasteiger partial charge in [0, 0.05) is 37.1 Å². The van der Waals surface area contributed by atoms with Crippen molar-refractivity contribution in [1.29, 1.82) is 0 Å². The molecule has 0 aliphatic carbocycles. The predicted molar refractivity (Wildman–Crippen MR) is 110 cm³/mol. The Kier molecular flexibility index (Phi) is 5.52. The molecule has 1 saturated heterocycles. The van der Waals surface area contributed by atoms with E-state index in [9.17, 15) is 4.79 Å². The van der Waals surface area contributed by atoms with E-state index < -0.39 is 0 Å². The second-order valence-electron chi connectivity index (χ2n) is 6.40. The summed E-state index contributed by atoms with van der Waals surface area (Å²) in [5.74, 6) is 0.993. The lowest BCUT2D eigenvalue weighted by atomic mass is 10.2. The quantitative estimate of drug-likeness (QED) is 0.654. The number of ether oxygens (including phenoxy) is 1. The van der Waals surface area contributed by atoms with Crippen LogP contribution in [-0.2, 0) is 6.54 Å². The van der Waals surface area contributed by atoms with Crippen LogP contribution in [-0.4, -0.2) is 54.0 Å². The minimum Gasteiger partial charge on any atom is -0.497 e. The topological polar surface area (TPSA) is 45.7 Å². The van der Waals surface area contributed by atoms with Gasteiger partial charge < -0.3 is 9.64 Å². The van der Waals surface area contributed by atoms with Gasteiger partial charge in [-0.2, -0.15) is 0 Å². The van der Waals surface area contributed by atoms with Crippen molar-refractivity contribution in [3.05, 3.63) is 57.0 Å². The van der Waals surface area contributed by atoms with Crippen LogP contribution < -0.4 is 4.74 Å². The molecule has 7 heteroatoms. The van der Waals surface area contributed by atoms with Crippen molar-refractivity contribution in [2.45, 2.75) is 6.54 Å². The van der Waals surface area contributed by atoms with Gasteiger partial charge in [0.25, 0.3) is 5.91 Å². The zero-order chi connectivity index (χ0) is 18.6. The lowest BCUT2D eigenvalue weighted by molar-refractivity contribution is 0.0633. The predicted octanol–water partition coefficient (Wildman–Crippen LogP) is 3.84. The lowest BCUT2D eigenvalue weighted by Gasteiger charge is -2.34. The molecule has 1 amide bonds. The van der Waals surface area contributed by atoms with Crippen LogP contribution >= 0.6 is 22.7 Å². The fourth-order valence-corrected chi connectivity index (χ4v) is 4.69. The van der Waals surface area contributed by atoms with Crippen molar-refractivity contribution >= 4 is 28.6 Å². The normalized spacial score (nSPS) is 15.1. The summed E-state index contributed by atoms with van der Waals surface area (Å²) in [7, 11) is 1.68. The van der Waals surface area contributed by atoms with Crippen molar-refractivity contribution in [3.63, 3.8) is 0 Å². The summed E-state index contributed by atoms with van der Waals surface area (Å²) in [5, 5.41) is 5.15. The fourth-order valence-electron chi connectivity index (χ4n) is 3.15. The van der Waals surface area contributed by atoms with Crippen molar-refractivity contribution in [1.82, 2.24) is 14.8 Å². The van der Waals surface area contributed by atoms with E-state index in [-0.39, 0.29) is 5.91 Å². The first-order valence-corrected chi connectivity index (χ1v) is 10.6. The first-order chi connectivity index (χ1) is 13.2. The van der Waals surface area contributed by atoms with Crippen LogP contribution in [0.2, 0.25) is 0 Å². The highest BCUT2D eigenvalue weighted by Crippen LogP contribution is 2.26. The summed E-state index contributed by atoms with van der Waals surface area (Å²) >= 11 is 3.19. The number of rotatable bonds is 5. The third-order valence-corrected chi connectivity index (χ3v) is 6.36. The molecular weight excluding hydrogens is 378 g/mol. The number of methoxy groups -OCH3 is 1. The highest BCUT2D eigenvalue weighted by atomic mass is 32.1. The van der Waals surface area contributed by atoms with Crippen molar-refractivity contribution in [3.8, 4) is 17.0 Å². The van der Waals surface area contributed by atoms with E-state index >= 15 is 0 Å². The minimum absolute atomic E-state index is 0.152.